The molecule has 0 aliphatic rings. The molecule has 0 N–H and O–H groups in total. The third-order valence-electron chi connectivity index (χ3n) is 2.92. The Bertz CT molecular complexity index is 733. The van der Waals surface area contributed by atoms with Gasteiger partial charge in [0, 0.05) is 10.4 Å². The van der Waals surface area contributed by atoms with Crippen LogP contribution >= 0.6 is 11.6 Å². The average molecular weight is 266 g/mol. The molecule has 0 atom stereocenters. The highest BCUT2D eigenvalue weighted by Crippen LogP contribution is 2.18. The van der Waals surface area contributed by atoms with Crippen LogP contribution in [0, 0.1) is 0 Å². The van der Waals surface area contributed by atoms with Gasteiger partial charge >= 0.3 is 0 Å². The van der Waals surface area contributed by atoms with E-state index in [0.29, 0.717) is 5.02 Å². The van der Waals surface area contributed by atoms with Crippen LogP contribution in [-0.2, 0) is 0 Å². The maximum atomic E-state index is 5.99. The van der Waals surface area contributed by atoms with Crippen LogP contribution in [0.15, 0.2) is 60.7 Å². The van der Waals surface area contributed by atoms with Crippen LogP contribution in [-0.4, -0.2) is 4.98 Å². The highest BCUT2D eigenvalue weighted by atomic mass is 35.5. The van der Waals surface area contributed by atoms with Crippen LogP contribution < -0.4 is 0 Å². The van der Waals surface area contributed by atoms with E-state index in [9.17, 15) is 0 Å². The molecule has 0 saturated carbocycles. The summed E-state index contributed by atoms with van der Waals surface area (Å²) >= 11 is 5.99. The van der Waals surface area contributed by atoms with Crippen molar-refractivity contribution >= 4 is 34.7 Å². The first-order chi connectivity index (χ1) is 9.31. The summed E-state index contributed by atoms with van der Waals surface area (Å²) in [5.74, 6) is 0. The van der Waals surface area contributed by atoms with Crippen LogP contribution in [0.3, 0.4) is 0 Å². The van der Waals surface area contributed by atoms with E-state index in [1.807, 2.05) is 48.5 Å². The van der Waals surface area contributed by atoms with E-state index in [4.69, 9.17) is 11.6 Å². The molecule has 0 aliphatic heterocycles. The molecule has 0 spiro atoms. The summed E-state index contributed by atoms with van der Waals surface area (Å²) < 4.78 is 0. The van der Waals surface area contributed by atoms with Gasteiger partial charge in [0.25, 0.3) is 0 Å². The SMILES string of the molecule is Clc1ccc2ccc(C=Cc3ccccc3)nc2c1. The summed E-state index contributed by atoms with van der Waals surface area (Å²) in [6, 6.07) is 20.0. The zero-order valence-corrected chi connectivity index (χ0v) is 11.0. The first-order valence-corrected chi connectivity index (χ1v) is 6.48. The second-order valence-corrected chi connectivity index (χ2v) is 4.75. The maximum Gasteiger partial charge on any atom is 0.0724 e. The van der Waals surface area contributed by atoms with Gasteiger partial charge in [0.15, 0.2) is 0 Å². The Balaban J connectivity index is 1.95. The van der Waals surface area contributed by atoms with E-state index in [0.717, 1.165) is 22.2 Å². The van der Waals surface area contributed by atoms with Crippen molar-refractivity contribution in [2.24, 2.45) is 0 Å². The second-order valence-electron chi connectivity index (χ2n) is 4.32. The van der Waals surface area contributed by atoms with E-state index in [-0.39, 0.29) is 0 Å². The van der Waals surface area contributed by atoms with Gasteiger partial charge in [0.05, 0.1) is 11.2 Å². The lowest BCUT2D eigenvalue weighted by molar-refractivity contribution is 1.37. The molecular formula is C17H12ClN. The fourth-order valence-corrected chi connectivity index (χ4v) is 2.11. The van der Waals surface area contributed by atoms with Crippen LogP contribution in [0.4, 0.5) is 0 Å². The predicted molar refractivity (Wildman–Crippen MR) is 82.1 cm³/mol. The lowest BCUT2D eigenvalue weighted by Gasteiger charge is -1.99. The minimum absolute atomic E-state index is 0.712. The van der Waals surface area contributed by atoms with Crippen LogP contribution in [0.25, 0.3) is 23.1 Å². The highest BCUT2D eigenvalue weighted by Gasteiger charge is 1.97. The largest absolute Gasteiger partial charge is 0.248 e. The summed E-state index contributed by atoms with van der Waals surface area (Å²) in [5.41, 5.74) is 3.01. The van der Waals surface area contributed by atoms with Gasteiger partial charge in [0.1, 0.15) is 0 Å². The van der Waals surface area contributed by atoms with Crippen LogP contribution in [0.5, 0.6) is 0 Å². The molecule has 0 aliphatic carbocycles. The normalized spacial score (nSPS) is 11.2. The molecule has 1 aromatic heterocycles. The molecule has 0 unspecified atom stereocenters. The Labute approximate surface area is 117 Å². The number of nitrogens with zero attached hydrogens (tertiary/aromatic N) is 1. The fraction of sp³-hybridized carbons (Fsp3) is 0. The maximum absolute atomic E-state index is 5.99. The molecule has 1 heterocycles. The summed E-state index contributed by atoms with van der Waals surface area (Å²) in [6.07, 6.45) is 4.06. The molecule has 2 heteroatoms. The Morgan fingerprint density at radius 2 is 1.63 bits per heavy atom. The highest BCUT2D eigenvalue weighted by molar-refractivity contribution is 6.31. The number of benzene rings is 2. The second kappa shape index (κ2) is 5.25. The summed E-state index contributed by atoms with van der Waals surface area (Å²) in [6.45, 7) is 0. The van der Waals surface area contributed by atoms with Crippen molar-refractivity contribution in [1.29, 1.82) is 0 Å². The molecule has 1 nitrogen and oxygen atoms in total. The van der Waals surface area contributed by atoms with E-state index >= 15 is 0 Å². The van der Waals surface area contributed by atoms with Gasteiger partial charge in [-0.1, -0.05) is 60.1 Å². The van der Waals surface area contributed by atoms with Crippen LogP contribution in [0.1, 0.15) is 11.3 Å². The fourth-order valence-electron chi connectivity index (χ4n) is 1.94. The van der Waals surface area contributed by atoms with E-state index < -0.39 is 0 Å². The Morgan fingerprint density at radius 3 is 2.47 bits per heavy atom. The molecular weight excluding hydrogens is 254 g/mol. The topological polar surface area (TPSA) is 12.9 Å². The number of hydrogen-bond acceptors (Lipinski definition) is 1. The zero-order chi connectivity index (χ0) is 13.1. The molecule has 3 rings (SSSR count). The van der Waals surface area contributed by atoms with E-state index in [1.165, 1.54) is 0 Å². The van der Waals surface area contributed by atoms with Crippen molar-refractivity contribution in [3.05, 3.63) is 76.9 Å². The molecule has 3 aromatic rings. The minimum atomic E-state index is 0.712. The van der Waals surface area contributed by atoms with Crippen molar-refractivity contribution in [1.82, 2.24) is 4.98 Å². The molecule has 92 valence electrons. The van der Waals surface area contributed by atoms with Crippen molar-refractivity contribution in [3.8, 4) is 0 Å². The zero-order valence-electron chi connectivity index (χ0n) is 10.3. The number of aromatic nitrogens is 1. The monoisotopic (exact) mass is 265 g/mol. The van der Waals surface area contributed by atoms with E-state index in [2.05, 4.69) is 29.3 Å². The molecule has 0 fully saturated rings. The van der Waals surface area contributed by atoms with Gasteiger partial charge in [-0.05, 0) is 29.8 Å². The first-order valence-electron chi connectivity index (χ1n) is 6.11. The Hall–Kier alpha value is -2.12. The third-order valence-corrected chi connectivity index (χ3v) is 3.16. The van der Waals surface area contributed by atoms with Gasteiger partial charge < -0.3 is 0 Å². The van der Waals surface area contributed by atoms with E-state index in [1.54, 1.807) is 0 Å². The Kier molecular flexibility index (Phi) is 3.30. The number of hydrogen-bond donors (Lipinski definition) is 0. The molecule has 19 heavy (non-hydrogen) atoms. The van der Waals surface area contributed by atoms with Gasteiger partial charge in [-0.3, -0.25) is 0 Å². The van der Waals surface area contributed by atoms with Gasteiger partial charge in [0.2, 0.25) is 0 Å². The van der Waals surface area contributed by atoms with Crippen molar-refractivity contribution in [2.45, 2.75) is 0 Å². The number of fused-ring (bicyclic) bond motifs is 1. The van der Waals surface area contributed by atoms with Crippen molar-refractivity contribution in [2.75, 3.05) is 0 Å². The third kappa shape index (κ3) is 2.83. The lowest BCUT2D eigenvalue weighted by atomic mass is 10.1. The molecule has 0 saturated heterocycles. The number of pyridine rings is 1. The van der Waals surface area contributed by atoms with Crippen molar-refractivity contribution < 1.29 is 0 Å². The predicted octanol–water partition coefficient (Wildman–Crippen LogP) is 5.06. The number of halogens is 1. The van der Waals surface area contributed by atoms with Gasteiger partial charge in [-0.25, -0.2) is 4.98 Å². The standard InChI is InChI=1S/C17H12ClN/c18-15-9-7-14-8-11-16(19-17(14)12-15)10-6-13-4-2-1-3-5-13/h1-12H. The summed E-state index contributed by atoms with van der Waals surface area (Å²) in [4.78, 5) is 4.58. The molecule has 2 aromatic carbocycles. The lowest BCUT2D eigenvalue weighted by Crippen LogP contribution is -1.83. The minimum Gasteiger partial charge on any atom is -0.248 e. The quantitative estimate of drug-likeness (QED) is 0.631. The molecule has 0 bridgehead atoms. The average Bonchev–Trinajstić information content (AvgIpc) is 2.46. The summed E-state index contributed by atoms with van der Waals surface area (Å²) in [5, 5.41) is 1.81. The first kappa shape index (κ1) is 11.9. The van der Waals surface area contributed by atoms with Gasteiger partial charge in [-0.15, -0.1) is 0 Å². The van der Waals surface area contributed by atoms with Crippen molar-refractivity contribution in [3.63, 3.8) is 0 Å². The van der Waals surface area contributed by atoms with Crippen LogP contribution in [0.2, 0.25) is 5.02 Å². The molecule has 0 radical (unpaired) electrons. The molecule has 0 amide bonds. The smallest absolute Gasteiger partial charge is 0.0724 e. The Morgan fingerprint density at radius 1 is 0.842 bits per heavy atom. The van der Waals surface area contributed by atoms with Gasteiger partial charge in [-0.2, -0.15) is 0 Å². The summed E-state index contributed by atoms with van der Waals surface area (Å²) in [7, 11) is 0. The number of rotatable bonds is 2.